The van der Waals surface area contributed by atoms with Gasteiger partial charge in [0.15, 0.2) is 5.82 Å². The van der Waals surface area contributed by atoms with E-state index in [1.165, 1.54) is 0 Å². The molecule has 0 unspecified atom stereocenters. The van der Waals surface area contributed by atoms with Crippen molar-refractivity contribution in [2.24, 2.45) is 5.92 Å². The largest absolute Gasteiger partial charge is 0.379 e. The Balaban J connectivity index is 1.77. The predicted octanol–water partition coefficient (Wildman–Crippen LogP) is 0.454. The third-order valence-corrected chi connectivity index (χ3v) is 4.20. The van der Waals surface area contributed by atoms with Crippen LogP contribution in [0.2, 0.25) is 0 Å². The molecule has 0 spiro atoms. The van der Waals surface area contributed by atoms with Crippen molar-refractivity contribution < 1.29 is 9.53 Å². The normalized spacial score (nSPS) is 17.2. The third kappa shape index (κ3) is 5.18. The second-order valence-electron chi connectivity index (χ2n) is 6.06. The van der Waals surface area contributed by atoms with E-state index in [2.05, 4.69) is 39.6 Å². The highest BCUT2D eigenvalue weighted by molar-refractivity contribution is 5.73. The molecule has 2 rings (SSSR count). The molecule has 0 bridgehead atoms. The molecule has 0 saturated carbocycles. The lowest BCUT2D eigenvalue weighted by molar-refractivity contribution is 0.00719. The molecule has 1 saturated heterocycles. The summed E-state index contributed by atoms with van der Waals surface area (Å²) in [5.74, 6) is 1.23. The van der Waals surface area contributed by atoms with E-state index in [1.807, 2.05) is 11.5 Å². The van der Waals surface area contributed by atoms with Crippen molar-refractivity contribution in [1.29, 1.82) is 0 Å². The lowest BCUT2D eigenvalue weighted by Crippen LogP contribution is -2.52. The molecule has 130 valence electrons. The van der Waals surface area contributed by atoms with Gasteiger partial charge < -0.3 is 19.9 Å². The molecule has 23 heavy (non-hydrogen) atoms. The first-order valence-electron chi connectivity index (χ1n) is 8.32. The summed E-state index contributed by atoms with van der Waals surface area (Å²) in [7, 11) is 0. The van der Waals surface area contributed by atoms with Crippen LogP contribution in [0.15, 0.2) is 6.33 Å². The molecule has 1 aliphatic rings. The van der Waals surface area contributed by atoms with Crippen molar-refractivity contribution in [1.82, 2.24) is 30.3 Å². The Labute approximate surface area is 137 Å². The van der Waals surface area contributed by atoms with E-state index in [4.69, 9.17) is 4.74 Å². The summed E-state index contributed by atoms with van der Waals surface area (Å²) in [5.41, 5.74) is 0. The fourth-order valence-corrected chi connectivity index (χ4v) is 2.79. The standard InChI is InChI=1S/C15H28N6O2/c1-4-20-11-18-19-14(20)10-17-15(22)16-9-13(12(2)3)21-5-7-23-8-6-21/h11-13H,4-10H2,1-3H3,(H2,16,17,22)/t13-/m0/s1. The molecule has 2 heterocycles. The van der Waals surface area contributed by atoms with Crippen LogP contribution in [-0.4, -0.2) is 64.6 Å². The summed E-state index contributed by atoms with van der Waals surface area (Å²) >= 11 is 0. The molecule has 0 aliphatic carbocycles. The zero-order chi connectivity index (χ0) is 16.7. The van der Waals surface area contributed by atoms with E-state index in [1.54, 1.807) is 6.33 Å². The number of morpholine rings is 1. The Hall–Kier alpha value is -1.67. The van der Waals surface area contributed by atoms with Crippen LogP contribution in [0.3, 0.4) is 0 Å². The molecule has 8 heteroatoms. The third-order valence-electron chi connectivity index (χ3n) is 4.20. The number of hydrogen-bond donors (Lipinski definition) is 2. The Morgan fingerprint density at radius 2 is 2.09 bits per heavy atom. The van der Waals surface area contributed by atoms with Gasteiger partial charge >= 0.3 is 6.03 Å². The minimum Gasteiger partial charge on any atom is -0.379 e. The summed E-state index contributed by atoms with van der Waals surface area (Å²) in [6, 6.07) is 0.151. The average Bonchev–Trinajstić information content (AvgIpc) is 3.01. The first kappa shape index (κ1) is 17.7. The van der Waals surface area contributed by atoms with Gasteiger partial charge in [0, 0.05) is 32.2 Å². The minimum absolute atomic E-state index is 0.172. The number of ether oxygens (including phenoxy) is 1. The van der Waals surface area contributed by atoms with Gasteiger partial charge in [0.25, 0.3) is 0 Å². The van der Waals surface area contributed by atoms with E-state index in [9.17, 15) is 4.79 Å². The predicted molar refractivity (Wildman–Crippen MR) is 87.0 cm³/mol. The van der Waals surface area contributed by atoms with Gasteiger partial charge in [0.05, 0.1) is 19.8 Å². The van der Waals surface area contributed by atoms with Crippen LogP contribution < -0.4 is 10.6 Å². The molecule has 2 amide bonds. The Bertz CT molecular complexity index is 484. The van der Waals surface area contributed by atoms with Gasteiger partial charge in [-0.3, -0.25) is 4.90 Å². The SMILES string of the molecule is CCn1cnnc1CNC(=O)NC[C@@H](C(C)C)N1CCOCC1. The van der Waals surface area contributed by atoms with Gasteiger partial charge in [-0.1, -0.05) is 13.8 Å². The maximum atomic E-state index is 12.0. The first-order valence-corrected chi connectivity index (χ1v) is 8.32. The maximum absolute atomic E-state index is 12.0. The molecule has 0 aromatic carbocycles. The molecular formula is C15H28N6O2. The monoisotopic (exact) mass is 324 g/mol. The number of amides is 2. The van der Waals surface area contributed by atoms with E-state index in [-0.39, 0.29) is 6.03 Å². The zero-order valence-electron chi connectivity index (χ0n) is 14.3. The van der Waals surface area contributed by atoms with Gasteiger partial charge in [-0.05, 0) is 12.8 Å². The van der Waals surface area contributed by atoms with Crippen molar-refractivity contribution in [3.8, 4) is 0 Å². The van der Waals surface area contributed by atoms with Crippen LogP contribution in [0.25, 0.3) is 0 Å². The second-order valence-corrected chi connectivity index (χ2v) is 6.06. The topological polar surface area (TPSA) is 84.3 Å². The first-order chi connectivity index (χ1) is 11.1. The van der Waals surface area contributed by atoms with E-state index in [0.29, 0.717) is 25.0 Å². The van der Waals surface area contributed by atoms with E-state index in [0.717, 1.165) is 38.7 Å². The molecule has 1 aliphatic heterocycles. The minimum atomic E-state index is -0.172. The zero-order valence-corrected chi connectivity index (χ0v) is 14.3. The number of carbonyl (C=O) groups excluding carboxylic acids is 1. The van der Waals surface area contributed by atoms with Crippen LogP contribution in [0, 0.1) is 5.92 Å². The van der Waals surface area contributed by atoms with E-state index < -0.39 is 0 Å². The second kappa shape index (κ2) is 8.83. The Morgan fingerprint density at radius 1 is 1.35 bits per heavy atom. The summed E-state index contributed by atoms with van der Waals surface area (Å²) < 4.78 is 7.31. The van der Waals surface area contributed by atoms with Gasteiger partial charge in [0.1, 0.15) is 6.33 Å². The van der Waals surface area contributed by atoms with Crippen LogP contribution in [0.5, 0.6) is 0 Å². The molecule has 2 N–H and O–H groups in total. The van der Waals surface area contributed by atoms with Gasteiger partial charge in [-0.25, -0.2) is 4.79 Å². The van der Waals surface area contributed by atoms with Gasteiger partial charge in [0.2, 0.25) is 0 Å². The lowest BCUT2D eigenvalue weighted by Gasteiger charge is -2.36. The van der Waals surface area contributed by atoms with Gasteiger partial charge in [-0.15, -0.1) is 10.2 Å². The van der Waals surface area contributed by atoms with Crippen molar-refractivity contribution in [3.05, 3.63) is 12.2 Å². The number of aryl methyl sites for hydroxylation is 1. The molecule has 0 radical (unpaired) electrons. The van der Waals surface area contributed by atoms with Crippen LogP contribution >= 0.6 is 0 Å². The fourth-order valence-electron chi connectivity index (χ4n) is 2.79. The molecular weight excluding hydrogens is 296 g/mol. The van der Waals surface area contributed by atoms with E-state index >= 15 is 0 Å². The summed E-state index contributed by atoms with van der Waals surface area (Å²) in [6.07, 6.45) is 1.67. The lowest BCUT2D eigenvalue weighted by atomic mass is 10.0. The number of aromatic nitrogens is 3. The molecule has 1 aromatic rings. The number of nitrogens with one attached hydrogen (secondary N) is 2. The maximum Gasteiger partial charge on any atom is 0.315 e. The molecule has 1 fully saturated rings. The smallest absolute Gasteiger partial charge is 0.315 e. The molecule has 1 aromatic heterocycles. The molecule has 8 nitrogen and oxygen atoms in total. The fraction of sp³-hybridized carbons (Fsp3) is 0.800. The van der Waals surface area contributed by atoms with Crippen LogP contribution in [0.4, 0.5) is 4.79 Å². The number of carbonyl (C=O) groups is 1. The number of urea groups is 1. The van der Waals surface area contributed by atoms with Crippen molar-refractivity contribution in [2.45, 2.75) is 39.9 Å². The number of hydrogen-bond acceptors (Lipinski definition) is 5. The Morgan fingerprint density at radius 3 is 2.74 bits per heavy atom. The van der Waals surface area contributed by atoms with Crippen LogP contribution in [0.1, 0.15) is 26.6 Å². The highest BCUT2D eigenvalue weighted by Gasteiger charge is 2.24. The van der Waals surface area contributed by atoms with Crippen LogP contribution in [-0.2, 0) is 17.8 Å². The van der Waals surface area contributed by atoms with Crippen molar-refractivity contribution in [2.75, 3.05) is 32.8 Å². The quantitative estimate of drug-likeness (QED) is 0.761. The van der Waals surface area contributed by atoms with Crippen molar-refractivity contribution >= 4 is 6.03 Å². The highest BCUT2D eigenvalue weighted by atomic mass is 16.5. The summed E-state index contributed by atoms with van der Waals surface area (Å²) in [5, 5.41) is 13.7. The number of rotatable bonds is 7. The average molecular weight is 324 g/mol. The summed E-state index contributed by atoms with van der Waals surface area (Å²) in [6.45, 7) is 11.6. The number of nitrogens with zero attached hydrogens (tertiary/aromatic N) is 4. The van der Waals surface area contributed by atoms with Gasteiger partial charge in [-0.2, -0.15) is 0 Å². The summed E-state index contributed by atoms with van der Waals surface area (Å²) in [4.78, 5) is 14.4. The Kier molecular flexibility index (Phi) is 6.79. The highest BCUT2D eigenvalue weighted by Crippen LogP contribution is 2.12. The van der Waals surface area contributed by atoms with Crippen molar-refractivity contribution in [3.63, 3.8) is 0 Å². The molecule has 1 atom stereocenters.